The van der Waals surface area contributed by atoms with Gasteiger partial charge in [0, 0.05) is 24.1 Å². The SMILES string of the molecule is Nc1ccc(OC(=O)CCCCCC(=O)c2ccc(C(=O)O)cc2)cc1. The van der Waals surface area contributed by atoms with Crippen LogP contribution in [0.5, 0.6) is 5.75 Å². The lowest BCUT2D eigenvalue weighted by Gasteiger charge is -2.05. The maximum absolute atomic E-state index is 12.0. The van der Waals surface area contributed by atoms with Gasteiger partial charge in [-0.1, -0.05) is 18.6 Å². The molecule has 0 saturated heterocycles. The predicted octanol–water partition coefficient (Wildman–Crippen LogP) is 3.71. The van der Waals surface area contributed by atoms with Gasteiger partial charge in [-0.05, 0) is 49.2 Å². The maximum Gasteiger partial charge on any atom is 0.335 e. The molecule has 0 heterocycles. The van der Waals surface area contributed by atoms with Gasteiger partial charge >= 0.3 is 11.9 Å². The molecular weight excluding hydrogens is 334 g/mol. The zero-order valence-corrected chi connectivity index (χ0v) is 14.3. The fourth-order valence-corrected chi connectivity index (χ4v) is 2.39. The standard InChI is InChI=1S/C20H21NO5/c21-16-10-12-17(13-11-16)26-19(23)5-3-1-2-4-18(22)14-6-8-15(9-7-14)20(24)25/h6-13H,1-5,21H2,(H,24,25). The first kappa shape index (κ1) is 19.2. The molecule has 2 aromatic rings. The molecule has 0 radical (unpaired) electrons. The molecule has 2 rings (SSSR count). The van der Waals surface area contributed by atoms with Crippen LogP contribution in [0, 0.1) is 0 Å². The third-order valence-corrected chi connectivity index (χ3v) is 3.85. The molecule has 26 heavy (non-hydrogen) atoms. The fourth-order valence-electron chi connectivity index (χ4n) is 2.39. The zero-order chi connectivity index (χ0) is 18.9. The van der Waals surface area contributed by atoms with E-state index in [-0.39, 0.29) is 23.7 Å². The molecule has 3 N–H and O–H groups in total. The van der Waals surface area contributed by atoms with E-state index in [0.717, 1.165) is 6.42 Å². The first-order valence-corrected chi connectivity index (χ1v) is 8.38. The van der Waals surface area contributed by atoms with Crippen molar-refractivity contribution in [2.45, 2.75) is 32.1 Å². The summed E-state index contributed by atoms with van der Waals surface area (Å²) >= 11 is 0. The highest BCUT2D eigenvalue weighted by atomic mass is 16.5. The largest absolute Gasteiger partial charge is 0.478 e. The number of unbranched alkanes of at least 4 members (excludes halogenated alkanes) is 2. The summed E-state index contributed by atoms with van der Waals surface area (Å²) in [7, 11) is 0. The van der Waals surface area contributed by atoms with Crippen molar-refractivity contribution in [3.63, 3.8) is 0 Å². The van der Waals surface area contributed by atoms with E-state index in [4.69, 9.17) is 15.6 Å². The molecule has 0 bridgehead atoms. The monoisotopic (exact) mass is 355 g/mol. The van der Waals surface area contributed by atoms with Crippen molar-refractivity contribution in [2.75, 3.05) is 5.73 Å². The number of carbonyl (C=O) groups excluding carboxylic acids is 2. The Kier molecular flexibility index (Phi) is 6.91. The summed E-state index contributed by atoms with van der Waals surface area (Å²) in [5.41, 5.74) is 6.82. The molecule has 0 saturated carbocycles. The third kappa shape index (κ3) is 6.05. The number of carboxylic acids is 1. The molecule has 0 spiro atoms. The second-order valence-electron chi connectivity index (χ2n) is 5.91. The van der Waals surface area contributed by atoms with E-state index in [1.165, 1.54) is 24.3 Å². The van der Waals surface area contributed by atoms with E-state index in [0.29, 0.717) is 36.3 Å². The number of ketones is 1. The van der Waals surface area contributed by atoms with Crippen LogP contribution in [-0.2, 0) is 4.79 Å². The van der Waals surface area contributed by atoms with Crippen LogP contribution in [-0.4, -0.2) is 22.8 Å². The number of nitrogen functional groups attached to an aromatic ring is 1. The van der Waals surface area contributed by atoms with Crippen LogP contribution in [0.2, 0.25) is 0 Å². The summed E-state index contributed by atoms with van der Waals surface area (Å²) < 4.78 is 5.19. The molecule has 6 heteroatoms. The Balaban J connectivity index is 1.65. The van der Waals surface area contributed by atoms with Crippen molar-refractivity contribution in [3.8, 4) is 5.75 Å². The van der Waals surface area contributed by atoms with Crippen LogP contribution in [0.1, 0.15) is 52.8 Å². The molecule has 0 amide bonds. The molecule has 136 valence electrons. The van der Waals surface area contributed by atoms with Gasteiger partial charge in [0.1, 0.15) is 5.75 Å². The van der Waals surface area contributed by atoms with Crippen molar-refractivity contribution in [2.24, 2.45) is 0 Å². The first-order valence-electron chi connectivity index (χ1n) is 8.38. The number of esters is 1. The van der Waals surface area contributed by atoms with E-state index in [2.05, 4.69) is 0 Å². The van der Waals surface area contributed by atoms with Crippen LogP contribution in [0.4, 0.5) is 5.69 Å². The van der Waals surface area contributed by atoms with Crippen molar-refractivity contribution >= 4 is 23.4 Å². The van der Waals surface area contributed by atoms with Crippen LogP contribution in [0.25, 0.3) is 0 Å². The highest BCUT2D eigenvalue weighted by Gasteiger charge is 2.09. The maximum atomic E-state index is 12.0. The van der Waals surface area contributed by atoms with Gasteiger partial charge in [0.15, 0.2) is 5.78 Å². The van der Waals surface area contributed by atoms with E-state index in [9.17, 15) is 14.4 Å². The summed E-state index contributed by atoms with van der Waals surface area (Å²) in [6, 6.07) is 12.5. The number of hydrogen-bond acceptors (Lipinski definition) is 5. The lowest BCUT2D eigenvalue weighted by atomic mass is 10.0. The Hall–Kier alpha value is -3.15. The van der Waals surface area contributed by atoms with Crippen LogP contribution >= 0.6 is 0 Å². The molecule has 0 atom stereocenters. The van der Waals surface area contributed by atoms with Crippen LogP contribution < -0.4 is 10.5 Å². The van der Waals surface area contributed by atoms with Gasteiger partial charge in [0.25, 0.3) is 0 Å². The lowest BCUT2D eigenvalue weighted by molar-refractivity contribution is -0.134. The van der Waals surface area contributed by atoms with Gasteiger partial charge in [-0.15, -0.1) is 0 Å². The number of aromatic carboxylic acids is 1. The second-order valence-corrected chi connectivity index (χ2v) is 5.91. The van der Waals surface area contributed by atoms with E-state index >= 15 is 0 Å². The average molecular weight is 355 g/mol. The molecular formula is C20H21NO5. The molecule has 0 fully saturated rings. The number of carboxylic acid groups (broad SMARTS) is 1. The Morgan fingerprint density at radius 3 is 2.00 bits per heavy atom. The number of carbonyl (C=O) groups is 3. The minimum absolute atomic E-state index is 0.0358. The summed E-state index contributed by atoms with van der Waals surface area (Å²) in [6.07, 6.45) is 2.68. The molecule has 0 aliphatic heterocycles. The molecule has 0 aliphatic rings. The number of Topliss-reactive ketones (excluding diaryl/α,β-unsaturated/α-hetero) is 1. The summed E-state index contributed by atoms with van der Waals surface area (Å²) in [6.45, 7) is 0. The topological polar surface area (TPSA) is 107 Å². The number of nitrogens with two attached hydrogens (primary N) is 1. The summed E-state index contributed by atoms with van der Waals surface area (Å²) in [4.78, 5) is 34.6. The van der Waals surface area contributed by atoms with Gasteiger partial charge in [-0.3, -0.25) is 9.59 Å². The van der Waals surface area contributed by atoms with Gasteiger partial charge < -0.3 is 15.6 Å². The Morgan fingerprint density at radius 2 is 1.38 bits per heavy atom. The van der Waals surface area contributed by atoms with E-state index in [1.54, 1.807) is 24.3 Å². The van der Waals surface area contributed by atoms with Crippen molar-refractivity contribution in [3.05, 3.63) is 59.7 Å². The molecule has 2 aromatic carbocycles. The zero-order valence-electron chi connectivity index (χ0n) is 14.3. The smallest absolute Gasteiger partial charge is 0.335 e. The number of benzene rings is 2. The quantitative estimate of drug-likeness (QED) is 0.233. The summed E-state index contributed by atoms with van der Waals surface area (Å²) in [5, 5.41) is 8.84. The Bertz CT molecular complexity index is 766. The highest BCUT2D eigenvalue weighted by Crippen LogP contribution is 2.15. The molecule has 0 aliphatic carbocycles. The van der Waals surface area contributed by atoms with Gasteiger partial charge in [0.05, 0.1) is 5.56 Å². The fraction of sp³-hybridized carbons (Fsp3) is 0.250. The molecule has 0 aromatic heterocycles. The van der Waals surface area contributed by atoms with Crippen molar-refractivity contribution < 1.29 is 24.2 Å². The van der Waals surface area contributed by atoms with Gasteiger partial charge in [-0.25, -0.2) is 4.79 Å². The first-order chi connectivity index (χ1) is 12.5. The summed E-state index contributed by atoms with van der Waals surface area (Å²) in [5.74, 6) is -0.907. The number of anilines is 1. The van der Waals surface area contributed by atoms with Crippen LogP contribution in [0.3, 0.4) is 0 Å². The van der Waals surface area contributed by atoms with Gasteiger partial charge in [0.2, 0.25) is 0 Å². The highest BCUT2D eigenvalue weighted by molar-refractivity contribution is 5.97. The third-order valence-electron chi connectivity index (χ3n) is 3.85. The van der Waals surface area contributed by atoms with E-state index < -0.39 is 5.97 Å². The number of hydrogen-bond donors (Lipinski definition) is 2. The average Bonchev–Trinajstić information content (AvgIpc) is 2.63. The van der Waals surface area contributed by atoms with Crippen LogP contribution in [0.15, 0.2) is 48.5 Å². The normalized spacial score (nSPS) is 10.3. The number of rotatable bonds is 9. The van der Waals surface area contributed by atoms with Crippen molar-refractivity contribution in [1.82, 2.24) is 0 Å². The van der Waals surface area contributed by atoms with E-state index in [1.807, 2.05) is 0 Å². The van der Waals surface area contributed by atoms with Gasteiger partial charge in [-0.2, -0.15) is 0 Å². The molecule has 0 unspecified atom stereocenters. The minimum Gasteiger partial charge on any atom is -0.478 e. The lowest BCUT2D eigenvalue weighted by Crippen LogP contribution is -2.07. The van der Waals surface area contributed by atoms with Crippen molar-refractivity contribution in [1.29, 1.82) is 0 Å². The molecule has 6 nitrogen and oxygen atoms in total. The Labute approximate surface area is 151 Å². The second kappa shape index (κ2) is 9.36. The Morgan fingerprint density at radius 1 is 0.808 bits per heavy atom. The minimum atomic E-state index is -1.02. The number of ether oxygens (including phenoxy) is 1. The predicted molar refractivity (Wildman–Crippen MR) is 97.3 cm³/mol.